The van der Waals surface area contributed by atoms with Gasteiger partial charge in [-0.3, -0.25) is 14.4 Å². The molecule has 1 atom stereocenters. The monoisotopic (exact) mass is 628 g/mol. The first kappa shape index (κ1) is 29.8. The SMILES string of the molecule is CC(Sc1cccc(NC(=O)/C(=C/c2ccco2)NC(=O)c2ccccc2)c1)C(=O)Nc1nc(-c2ccccc2Cl)cs1. The molecule has 0 saturated heterocycles. The quantitative estimate of drug-likeness (QED) is 0.108. The van der Waals surface area contributed by atoms with Crippen molar-refractivity contribution in [1.29, 1.82) is 0 Å². The molecule has 0 aliphatic heterocycles. The van der Waals surface area contributed by atoms with Crippen LogP contribution < -0.4 is 16.0 Å². The zero-order valence-corrected chi connectivity index (χ0v) is 25.1. The molecular weight excluding hydrogens is 604 g/mol. The molecule has 0 spiro atoms. The normalized spacial score (nSPS) is 11.9. The van der Waals surface area contributed by atoms with Crippen molar-refractivity contribution < 1.29 is 18.8 Å². The van der Waals surface area contributed by atoms with E-state index in [0.717, 1.165) is 10.5 Å². The Bertz CT molecular complexity index is 1770. The third-order valence-corrected chi connectivity index (χ3v) is 8.20. The minimum absolute atomic E-state index is 0.00853. The number of thiazole rings is 1. The Morgan fingerprint density at radius 1 is 0.953 bits per heavy atom. The highest BCUT2D eigenvalue weighted by Gasteiger charge is 2.19. The molecule has 5 rings (SSSR count). The van der Waals surface area contributed by atoms with Gasteiger partial charge in [-0.05, 0) is 55.5 Å². The summed E-state index contributed by atoms with van der Waals surface area (Å²) in [5.41, 5.74) is 2.39. The fraction of sp³-hybridized carbons (Fsp3) is 0.0625. The third kappa shape index (κ3) is 8.01. The molecule has 0 fully saturated rings. The smallest absolute Gasteiger partial charge is 0.272 e. The van der Waals surface area contributed by atoms with Crippen molar-refractivity contribution in [1.82, 2.24) is 10.3 Å². The van der Waals surface area contributed by atoms with Crippen LogP contribution in [0.15, 0.2) is 118 Å². The van der Waals surface area contributed by atoms with Crippen molar-refractivity contribution in [2.75, 3.05) is 10.6 Å². The van der Waals surface area contributed by atoms with E-state index in [4.69, 9.17) is 16.0 Å². The van der Waals surface area contributed by atoms with Crippen molar-refractivity contribution >= 4 is 69.3 Å². The molecule has 2 heterocycles. The van der Waals surface area contributed by atoms with Gasteiger partial charge in [-0.1, -0.05) is 54.1 Å². The predicted molar refractivity (Wildman–Crippen MR) is 172 cm³/mol. The molecule has 2 aromatic heterocycles. The molecule has 5 aromatic rings. The molecule has 0 aliphatic carbocycles. The molecule has 43 heavy (non-hydrogen) atoms. The highest BCUT2D eigenvalue weighted by atomic mass is 35.5. The van der Waals surface area contributed by atoms with Gasteiger partial charge >= 0.3 is 0 Å². The number of aromatic nitrogens is 1. The number of thioether (sulfide) groups is 1. The van der Waals surface area contributed by atoms with Crippen molar-refractivity contribution in [3.8, 4) is 11.3 Å². The number of halogens is 1. The topological polar surface area (TPSA) is 113 Å². The average molecular weight is 629 g/mol. The van der Waals surface area contributed by atoms with Gasteiger partial charge in [0.15, 0.2) is 5.13 Å². The lowest BCUT2D eigenvalue weighted by molar-refractivity contribution is -0.115. The Labute approximate surface area is 261 Å². The maximum absolute atomic E-state index is 13.3. The summed E-state index contributed by atoms with van der Waals surface area (Å²) in [7, 11) is 0. The molecule has 0 aliphatic rings. The minimum atomic E-state index is -0.535. The Morgan fingerprint density at radius 2 is 1.74 bits per heavy atom. The second kappa shape index (κ2) is 14.0. The number of carbonyl (C=O) groups is 3. The van der Waals surface area contributed by atoms with Crippen molar-refractivity contribution in [3.63, 3.8) is 0 Å². The maximum Gasteiger partial charge on any atom is 0.272 e. The van der Waals surface area contributed by atoms with Gasteiger partial charge in [-0.2, -0.15) is 0 Å². The average Bonchev–Trinajstić information content (AvgIpc) is 3.70. The van der Waals surface area contributed by atoms with Crippen LogP contribution in [0.5, 0.6) is 0 Å². The van der Waals surface area contributed by atoms with E-state index in [9.17, 15) is 14.4 Å². The number of hydrogen-bond acceptors (Lipinski definition) is 7. The van der Waals surface area contributed by atoms with Crippen LogP contribution in [0.4, 0.5) is 10.8 Å². The standard InChI is InChI=1S/C32H25ClN4O4S2/c1-20(29(38)37-32-36-28(19-42-32)25-14-5-6-15-26(25)33)43-24-13-7-11-22(17-24)34-31(40)27(18-23-12-8-16-41-23)35-30(39)21-9-3-2-4-10-21/h2-20H,1H3,(H,34,40)(H,35,39)(H,36,37,38)/b27-18-. The van der Waals surface area contributed by atoms with E-state index in [1.54, 1.807) is 73.7 Å². The molecule has 0 saturated carbocycles. The summed E-state index contributed by atoms with van der Waals surface area (Å²) < 4.78 is 5.35. The van der Waals surface area contributed by atoms with Crippen LogP contribution in [-0.4, -0.2) is 28.0 Å². The molecule has 216 valence electrons. The van der Waals surface area contributed by atoms with Crippen LogP contribution in [0.3, 0.4) is 0 Å². The number of anilines is 2. The molecule has 3 N–H and O–H groups in total. The number of hydrogen-bond donors (Lipinski definition) is 3. The minimum Gasteiger partial charge on any atom is -0.465 e. The summed E-state index contributed by atoms with van der Waals surface area (Å²) in [6.45, 7) is 1.79. The Kier molecular flexibility index (Phi) is 9.73. The van der Waals surface area contributed by atoms with Crippen molar-refractivity contribution in [3.05, 3.63) is 125 Å². The number of benzene rings is 3. The van der Waals surface area contributed by atoms with Gasteiger partial charge in [0, 0.05) is 38.2 Å². The summed E-state index contributed by atoms with van der Waals surface area (Å²) in [6, 6.07) is 26.5. The zero-order valence-electron chi connectivity index (χ0n) is 22.7. The molecule has 0 bridgehead atoms. The highest BCUT2D eigenvalue weighted by molar-refractivity contribution is 8.00. The molecule has 8 nitrogen and oxygen atoms in total. The van der Waals surface area contributed by atoms with E-state index in [2.05, 4.69) is 20.9 Å². The fourth-order valence-electron chi connectivity index (χ4n) is 3.89. The van der Waals surface area contributed by atoms with Gasteiger partial charge in [-0.15, -0.1) is 23.1 Å². The first-order valence-corrected chi connectivity index (χ1v) is 15.2. The zero-order chi connectivity index (χ0) is 30.2. The van der Waals surface area contributed by atoms with Crippen LogP contribution in [0.25, 0.3) is 17.3 Å². The third-order valence-electron chi connectivity index (χ3n) is 6.02. The number of furan rings is 1. The largest absolute Gasteiger partial charge is 0.465 e. The van der Waals surface area contributed by atoms with Gasteiger partial charge in [0.05, 0.1) is 17.2 Å². The van der Waals surface area contributed by atoms with E-state index < -0.39 is 17.1 Å². The van der Waals surface area contributed by atoms with Crippen LogP contribution >= 0.6 is 34.7 Å². The van der Waals surface area contributed by atoms with E-state index in [1.165, 1.54) is 35.4 Å². The van der Waals surface area contributed by atoms with Gasteiger partial charge in [0.1, 0.15) is 11.5 Å². The maximum atomic E-state index is 13.3. The summed E-state index contributed by atoms with van der Waals surface area (Å²) in [6.07, 6.45) is 2.93. The van der Waals surface area contributed by atoms with Crippen molar-refractivity contribution in [2.24, 2.45) is 0 Å². The fourth-order valence-corrected chi connectivity index (χ4v) is 5.76. The van der Waals surface area contributed by atoms with Gasteiger partial charge in [-0.25, -0.2) is 4.98 Å². The number of nitrogens with zero attached hydrogens (tertiary/aromatic N) is 1. The Hall–Kier alpha value is -4.64. The summed E-state index contributed by atoms with van der Waals surface area (Å²) >= 11 is 8.93. The van der Waals surface area contributed by atoms with Crippen LogP contribution in [0.1, 0.15) is 23.0 Å². The number of carbonyl (C=O) groups excluding carboxylic acids is 3. The van der Waals surface area contributed by atoms with E-state index in [-0.39, 0.29) is 11.6 Å². The summed E-state index contributed by atoms with van der Waals surface area (Å²) in [4.78, 5) is 44.2. The second-order valence-corrected chi connectivity index (χ2v) is 11.8. The summed E-state index contributed by atoms with van der Waals surface area (Å²) in [5, 5.41) is 10.8. The molecule has 0 radical (unpaired) electrons. The summed E-state index contributed by atoms with van der Waals surface area (Å²) in [5.74, 6) is -0.780. The van der Waals surface area contributed by atoms with Gasteiger partial charge < -0.3 is 20.4 Å². The second-order valence-electron chi connectivity index (χ2n) is 9.14. The lowest BCUT2D eigenvalue weighted by Crippen LogP contribution is -2.30. The Balaban J connectivity index is 1.23. The molecule has 3 amide bonds. The first-order valence-electron chi connectivity index (χ1n) is 13.1. The number of amides is 3. The van der Waals surface area contributed by atoms with Crippen LogP contribution in [-0.2, 0) is 9.59 Å². The van der Waals surface area contributed by atoms with Crippen LogP contribution in [0, 0.1) is 0 Å². The molecular formula is C32H25ClN4O4S2. The van der Waals surface area contributed by atoms with E-state index in [1.807, 2.05) is 29.6 Å². The Morgan fingerprint density at radius 3 is 2.51 bits per heavy atom. The van der Waals surface area contributed by atoms with Crippen molar-refractivity contribution in [2.45, 2.75) is 17.1 Å². The van der Waals surface area contributed by atoms with Crippen LogP contribution in [0.2, 0.25) is 5.02 Å². The lowest BCUT2D eigenvalue weighted by Gasteiger charge is -2.13. The highest BCUT2D eigenvalue weighted by Crippen LogP contribution is 2.31. The molecule has 3 aromatic carbocycles. The molecule has 1 unspecified atom stereocenters. The number of rotatable bonds is 10. The first-order chi connectivity index (χ1) is 20.9. The predicted octanol–water partition coefficient (Wildman–Crippen LogP) is 7.59. The van der Waals surface area contributed by atoms with E-state index >= 15 is 0 Å². The molecule has 11 heteroatoms. The van der Waals surface area contributed by atoms with Gasteiger partial charge in [0.2, 0.25) is 5.91 Å². The van der Waals surface area contributed by atoms with Gasteiger partial charge in [0.25, 0.3) is 11.8 Å². The number of nitrogens with one attached hydrogen (secondary N) is 3. The van der Waals surface area contributed by atoms with E-state index in [0.29, 0.717) is 32.9 Å². The lowest BCUT2D eigenvalue weighted by atomic mass is 10.2.